The third-order valence-corrected chi connectivity index (χ3v) is 4.68. The van der Waals surface area contributed by atoms with Gasteiger partial charge in [0.2, 0.25) is 10.0 Å². The topological polar surface area (TPSA) is 63.4 Å². The summed E-state index contributed by atoms with van der Waals surface area (Å²) in [6.45, 7) is 5.90. The molecule has 0 aromatic heterocycles. The maximum Gasteiger partial charge on any atom is 0.242 e. The van der Waals surface area contributed by atoms with Crippen LogP contribution in [0.15, 0.2) is 35.7 Å². The Morgan fingerprint density at radius 2 is 2.11 bits per heavy atom. The van der Waals surface area contributed by atoms with E-state index < -0.39 is 10.0 Å². The zero-order valence-electron chi connectivity index (χ0n) is 10.9. The lowest BCUT2D eigenvalue weighted by Crippen LogP contribution is -2.28. The standard InChI is InChI=1S/C13H20N2O2S/c1-4-5-6-9-15(3)18(16,17)12-7-8-13(14)11(2)10-12/h4,7-8,10H,1,5-6,9,14H2,2-3H3. The van der Waals surface area contributed by atoms with E-state index in [1.54, 1.807) is 38.2 Å². The summed E-state index contributed by atoms with van der Waals surface area (Å²) in [4.78, 5) is 0.287. The summed E-state index contributed by atoms with van der Waals surface area (Å²) >= 11 is 0. The fourth-order valence-corrected chi connectivity index (χ4v) is 2.86. The normalized spacial score (nSPS) is 11.7. The number of aryl methyl sites for hydroxylation is 1. The molecule has 0 amide bonds. The number of nitrogens with zero attached hydrogens (tertiary/aromatic N) is 1. The monoisotopic (exact) mass is 268 g/mol. The van der Waals surface area contributed by atoms with E-state index in [-0.39, 0.29) is 4.90 Å². The highest BCUT2D eigenvalue weighted by atomic mass is 32.2. The lowest BCUT2D eigenvalue weighted by atomic mass is 10.2. The van der Waals surface area contributed by atoms with Crippen LogP contribution >= 0.6 is 0 Å². The second kappa shape index (κ2) is 6.02. The Labute approximate surface area is 109 Å². The highest BCUT2D eigenvalue weighted by Gasteiger charge is 2.20. The molecular weight excluding hydrogens is 248 g/mol. The molecule has 0 spiro atoms. The number of unbranched alkanes of at least 4 members (excludes halogenated alkanes) is 1. The molecule has 0 atom stereocenters. The van der Waals surface area contributed by atoms with Gasteiger partial charge in [-0.3, -0.25) is 0 Å². The predicted molar refractivity (Wildman–Crippen MR) is 74.8 cm³/mol. The van der Waals surface area contributed by atoms with Gasteiger partial charge in [-0.25, -0.2) is 12.7 Å². The molecule has 5 heteroatoms. The minimum atomic E-state index is -3.42. The van der Waals surface area contributed by atoms with Gasteiger partial charge in [-0.2, -0.15) is 0 Å². The minimum absolute atomic E-state index is 0.287. The zero-order valence-corrected chi connectivity index (χ0v) is 11.7. The van der Waals surface area contributed by atoms with E-state index in [0.29, 0.717) is 12.2 Å². The van der Waals surface area contributed by atoms with E-state index in [1.807, 2.05) is 0 Å². The van der Waals surface area contributed by atoms with Crippen LogP contribution in [0.2, 0.25) is 0 Å². The van der Waals surface area contributed by atoms with Gasteiger partial charge in [-0.1, -0.05) is 6.08 Å². The Bertz CT molecular complexity index is 524. The molecule has 0 heterocycles. The van der Waals surface area contributed by atoms with Crippen molar-refractivity contribution in [3.63, 3.8) is 0 Å². The molecule has 4 nitrogen and oxygen atoms in total. The fraction of sp³-hybridized carbons (Fsp3) is 0.385. The third-order valence-electron chi connectivity index (χ3n) is 2.83. The molecule has 100 valence electrons. The van der Waals surface area contributed by atoms with Crippen LogP contribution in [-0.4, -0.2) is 26.3 Å². The average molecular weight is 268 g/mol. The van der Waals surface area contributed by atoms with Crippen molar-refractivity contribution < 1.29 is 8.42 Å². The lowest BCUT2D eigenvalue weighted by Gasteiger charge is -2.17. The van der Waals surface area contributed by atoms with Gasteiger partial charge in [0.1, 0.15) is 0 Å². The lowest BCUT2D eigenvalue weighted by molar-refractivity contribution is 0.463. The van der Waals surface area contributed by atoms with Crippen LogP contribution in [-0.2, 0) is 10.0 Å². The summed E-state index contributed by atoms with van der Waals surface area (Å²) in [5.41, 5.74) is 7.06. The maximum absolute atomic E-state index is 12.2. The number of rotatable bonds is 6. The van der Waals surface area contributed by atoms with Crippen molar-refractivity contribution in [2.75, 3.05) is 19.3 Å². The van der Waals surface area contributed by atoms with Gasteiger partial charge in [-0.05, 0) is 43.5 Å². The zero-order chi connectivity index (χ0) is 13.8. The van der Waals surface area contributed by atoms with Gasteiger partial charge >= 0.3 is 0 Å². The smallest absolute Gasteiger partial charge is 0.242 e. The van der Waals surface area contributed by atoms with Crippen LogP contribution < -0.4 is 5.73 Å². The van der Waals surface area contributed by atoms with Crippen LogP contribution in [0, 0.1) is 6.92 Å². The Kier molecular flexibility index (Phi) is 4.93. The number of allylic oxidation sites excluding steroid dienone is 1. The van der Waals surface area contributed by atoms with E-state index in [2.05, 4.69) is 6.58 Å². The number of nitrogens with two attached hydrogens (primary N) is 1. The van der Waals surface area contributed by atoms with Crippen molar-refractivity contribution >= 4 is 15.7 Å². The number of sulfonamides is 1. The summed E-state index contributed by atoms with van der Waals surface area (Å²) < 4.78 is 25.9. The number of benzene rings is 1. The van der Waals surface area contributed by atoms with Gasteiger partial charge in [-0.15, -0.1) is 6.58 Å². The molecular formula is C13H20N2O2S. The van der Waals surface area contributed by atoms with Crippen molar-refractivity contribution in [2.45, 2.75) is 24.7 Å². The van der Waals surface area contributed by atoms with E-state index >= 15 is 0 Å². The number of hydrogen-bond donors (Lipinski definition) is 1. The molecule has 0 radical (unpaired) electrons. The number of hydrogen-bond acceptors (Lipinski definition) is 3. The van der Waals surface area contributed by atoms with Crippen molar-refractivity contribution in [3.8, 4) is 0 Å². The summed E-state index contributed by atoms with van der Waals surface area (Å²) in [5, 5.41) is 0. The Hall–Kier alpha value is -1.33. The second-order valence-electron chi connectivity index (χ2n) is 4.28. The molecule has 2 N–H and O–H groups in total. The summed E-state index contributed by atoms with van der Waals surface area (Å²) in [7, 11) is -1.83. The van der Waals surface area contributed by atoms with E-state index in [1.165, 1.54) is 4.31 Å². The fourth-order valence-electron chi connectivity index (χ4n) is 1.57. The van der Waals surface area contributed by atoms with Gasteiger partial charge in [0.15, 0.2) is 0 Å². The molecule has 18 heavy (non-hydrogen) atoms. The van der Waals surface area contributed by atoms with Crippen LogP contribution in [0.25, 0.3) is 0 Å². The SMILES string of the molecule is C=CCCCN(C)S(=O)(=O)c1ccc(N)c(C)c1. The average Bonchev–Trinajstić information content (AvgIpc) is 2.32. The molecule has 0 aliphatic heterocycles. The van der Waals surface area contributed by atoms with Crippen molar-refractivity contribution in [2.24, 2.45) is 0 Å². The molecule has 0 saturated heterocycles. The van der Waals surface area contributed by atoms with Gasteiger partial charge in [0.25, 0.3) is 0 Å². The quantitative estimate of drug-likeness (QED) is 0.488. The van der Waals surface area contributed by atoms with Crippen LogP contribution in [0.5, 0.6) is 0 Å². The van der Waals surface area contributed by atoms with Gasteiger partial charge in [0, 0.05) is 19.3 Å². The molecule has 0 aliphatic rings. The first-order valence-corrected chi connectivity index (χ1v) is 7.27. The van der Waals surface area contributed by atoms with Crippen molar-refractivity contribution in [1.29, 1.82) is 0 Å². The highest BCUT2D eigenvalue weighted by molar-refractivity contribution is 7.89. The Morgan fingerprint density at radius 3 is 2.67 bits per heavy atom. The largest absolute Gasteiger partial charge is 0.399 e. The Morgan fingerprint density at radius 1 is 1.44 bits per heavy atom. The van der Waals surface area contributed by atoms with E-state index in [4.69, 9.17) is 5.73 Å². The maximum atomic E-state index is 12.2. The minimum Gasteiger partial charge on any atom is -0.399 e. The molecule has 0 fully saturated rings. The highest BCUT2D eigenvalue weighted by Crippen LogP contribution is 2.19. The van der Waals surface area contributed by atoms with Crippen molar-refractivity contribution in [3.05, 3.63) is 36.4 Å². The molecule has 1 aromatic carbocycles. The third kappa shape index (κ3) is 3.34. The van der Waals surface area contributed by atoms with Crippen LogP contribution in [0.3, 0.4) is 0 Å². The van der Waals surface area contributed by atoms with E-state index in [9.17, 15) is 8.42 Å². The molecule has 0 saturated carbocycles. The molecule has 1 rings (SSSR count). The summed E-state index contributed by atoms with van der Waals surface area (Å²) in [6.07, 6.45) is 3.36. The first-order valence-electron chi connectivity index (χ1n) is 5.83. The molecule has 1 aromatic rings. The first-order chi connectivity index (χ1) is 8.39. The first kappa shape index (κ1) is 14.7. The second-order valence-corrected chi connectivity index (χ2v) is 6.32. The van der Waals surface area contributed by atoms with E-state index in [0.717, 1.165) is 18.4 Å². The van der Waals surface area contributed by atoms with Gasteiger partial charge < -0.3 is 5.73 Å². The Balaban J connectivity index is 2.91. The number of nitrogen functional groups attached to an aromatic ring is 1. The predicted octanol–water partition coefficient (Wildman–Crippen LogP) is 2.16. The summed E-state index contributed by atoms with van der Waals surface area (Å²) in [5.74, 6) is 0. The number of anilines is 1. The van der Waals surface area contributed by atoms with Gasteiger partial charge in [0.05, 0.1) is 4.90 Å². The van der Waals surface area contributed by atoms with Crippen LogP contribution in [0.1, 0.15) is 18.4 Å². The van der Waals surface area contributed by atoms with Crippen LogP contribution in [0.4, 0.5) is 5.69 Å². The molecule has 0 bridgehead atoms. The molecule has 0 unspecified atom stereocenters. The molecule has 0 aliphatic carbocycles. The van der Waals surface area contributed by atoms with Crippen molar-refractivity contribution in [1.82, 2.24) is 4.31 Å². The summed E-state index contributed by atoms with van der Waals surface area (Å²) in [6, 6.07) is 4.77.